The smallest absolute Gasteiger partial charge is 0.421 e. The number of aromatic hydroxyl groups is 2. The fraction of sp³-hybridized carbons (Fsp3) is 0.500. The Morgan fingerprint density at radius 1 is 0.765 bits per heavy atom. The van der Waals surface area contributed by atoms with Gasteiger partial charge in [0.25, 0.3) is 0 Å². The highest BCUT2D eigenvalue weighted by atomic mass is 19.4. The Kier molecular flexibility index (Phi) is 5.59. The predicted molar refractivity (Wildman–Crippen MR) is 112 cm³/mol. The minimum Gasteiger partial charge on any atom is -0.508 e. The lowest BCUT2D eigenvalue weighted by molar-refractivity contribution is -0.259. The molecule has 0 fully saturated rings. The van der Waals surface area contributed by atoms with E-state index in [0.717, 1.165) is 18.2 Å². The first-order valence-electron chi connectivity index (χ1n) is 10.4. The molecule has 4 nitrogen and oxygen atoms in total. The number of phenols is 2. The van der Waals surface area contributed by atoms with E-state index in [9.17, 15) is 46.8 Å². The van der Waals surface area contributed by atoms with Gasteiger partial charge in [0.15, 0.2) is 11.2 Å². The fourth-order valence-electron chi connectivity index (χ4n) is 5.10. The molecule has 0 saturated carbocycles. The normalized spacial score (nSPS) is 23.8. The SMILES string of the molecule is CC1(C)CC(C)(c2ccc(O)c(C(C)(O)C(F)(F)F)c2)c2c1ccc(O)c2C(C)(O)C(F)(F)F. The number of rotatable bonds is 3. The minimum absolute atomic E-state index is 0.0666. The number of hydrogen-bond donors (Lipinski definition) is 4. The number of phenolic OH excluding ortho intramolecular Hbond substituents is 2. The van der Waals surface area contributed by atoms with Crippen LogP contribution < -0.4 is 0 Å². The average Bonchev–Trinajstić information content (AvgIpc) is 2.86. The van der Waals surface area contributed by atoms with Crippen LogP contribution in [0, 0.1) is 0 Å². The van der Waals surface area contributed by atoms with Crippen LogP contribution in [0.25, 0.3) is 0 Å². The van der Waals surface area contributed by atoms with E-state index >= 15 is 0 Å². The molecule has 1 aliphatic rings. The monoisotopic (exact) mass is 492 g/mol. The maximum absolute atomic E-state index is 13.9. The second kappa shape index (κ2) is 7.27. The van der Waals surface area contributed by atoms with Crippen molar-refractivity contribution in [3.8, 4) is 11.5 Å². The van der Waals surface area contributed by atoms with Gasteiger partial charge in [-0.3, -0.25) is 0 Å². The third kappa shape index (κ3) is 3.62. The number of alkyl halides is 6. The summed E-state index contributed by atoms with van der Waals surface area (Å²) in [7, 11) is 0. The van der Waals surface area contributed by atoms with Gasteiger partial charge in [-0.15, -0.1) is 0 Å². The molecule has 0 aromatic heterocycles. The number of hydrogen-bond acceptors (Lipinski definition) is 4. The van der Waals surface area contributed by atoms with Gasteiger partial charge in [0.1, 0.15) is 11.5 Å². The number of halogens is 6. The van der Waals surface area contributed by atoms with E-state index in [1.807, 2.05) is 0 Å². The Morgan fingerprint density at radius 3 is 1.76 bits per heavy atom. The Bertz CT molecular complexity index is 1130. The van der Waals surface area contributed by atoms with Crippen LogP contribution in [-0.2, 0) is 22.0 Å². The number of aliphatic hydroxyl groups is 2. The van der Waals surface area contributed by atoms with Gasteiger partial charge in [-0.05, 0) is 60.6 Å². The minimum atomic E-state index is -5.17. The van der Waals surface area contributed by atoms with E-state index in [1.54, 1.807) is 13.8 Å². The lowest BCUT2D eigenvalue weighted by Gasteiger charge is -2.36. The van der Waals surface area contributed by atoms with Gasteiger partial charge in [0.2, 0.25) is 0 Å². The molecular formula is C24H26F6O4. The Labute approximate surface area is 192 Å². The average molecular weight is 492 g/mol. The van der Waals surface area contributed by atoms with Crippen LogP contribution >= 0.6 is 0 Å². The summed E-state index contributed by atoms with van der Waals surface area (Å²) in [5.74, 6) is -1.66. The molecule has 0 radical (unpaired) electrons. The highest BCUT2D eigenvalue weighted by Gasteiger charge is 2.58. The van der Waals surface area contributed by atoms with Gasteiger partial charge in [-0.1, -0.05) is 32.9 Å². The van der Waals surface area contributed by atoms with E-state index in [2.05, 4.69) is 0 Å². The van der Waals surface area contributed by atoms with Crippen molar-refractivity contribution >= 4 is 0 Å². The maximum Gasteiger partial charge on any atom is 0.421 e. The first kappa shape index (κ1) is 26.2. The predicted octanol–water partition coefficient (Wildman–Crippen LogP) is 5.62. The summed E-state index contributed by atoms with van der Waals surface area (Å²) < 4.78 is 82.2. The van der Waals surface area contributed by atoms with Crippen molar-refractivity contribution in [2.75, 3.05) is 0 Å². The van der Waals surface area contributed by atoms with Gasteiger partial charge < -0.3 is 20.4 Å². The largest absolute Gasteiger partial charge is 0.508 e. The molecule has 3 rings (SSSR count). The van der Waals surface area contributed by atoms with Crippen molar-refractivity contribution in [3.05, 3.63) is 58.1 Å². The van der Waals surface area contributed by atoms with Crippen LogP contribution in [0.5, 0.6) is 11.5 Å². The molecule has 0 saturated heterocycles. The van der Waals surface area contributed by atoms with Gasteiger partial charge in [-0.2, -0.15) is 26.3 Å². The lowest BCUT2D eigenvalue weighted by atomic mass is 9.71. The van der Waals surface area contributed by atoms with Crippen LogP contribution in [0.2, 0.25) is 0 Å². The molecule has 188 valence electrons. The van der Waals surface area contributed by atoms with Gasteiger partial charge in [0.05, 0.1) is 0 Å². The van der Waals surface area contributed by atoms with Crippen molar-refractivity contribution in [1.29, 1.82) is 0 Å². The first-order valence-corrected chi connectivity index (χ1v) is 10.4. The zero-order valence-electron chi connectivity index (χ0n) is 19.2. The van der Waals surface area contributed by atoms with Gasteiger partial charge >= 0.3 is 12.4 Å². The van der Waals surface area contributed by atoms with Crippen LogP contribution in [0.3, 0.4) is 0 Å². The molecule has 1 aliphatic carbocycles. The quantitative estimate of drug-likeness (QED) is 0.419. The first-order chi connectivity index (χ1) is 15.1. The standard InChI is InChI=1S/C24H26F6O4/c1-19(2)11-20(3,12-6-8-15(31)14(10-12)21(4,33)23(25,26)27)17-13(19)7-9-16(32)18(17)22(5,34)24(28,29)30/h6-10,31-34H,11H2,1-5H3. The topological polar surface area (TPSA) is 80.9 Å². The Morgan fingerprint density at radius 2 is 1.26 bits per heavy atom. The van der Waals surface area contributed by atoms with Crippen molar-refractivity contribution in [1.82, 2.24) is 0 Å². The van der Waals surface area contributed by atoms with Gasteiger partial charge in [-0.25, -0.2) is 0 Å². The summed E-state index contributed by atoms with van der Waals surface area (Å²) in [5, 5.41) is 41.3. The van der Waals surface area contributed by atoms with Crippen molar-refractivity contribution in [3.63, 3.8) is 0 Å². The summed E-state index contributed by atoms with van der Waals surface area (Å²) >= 11 is 0. The lowest BCUT2D eigenvalue weighted by Crippen LogP contribution is -2.42. The third-order valence-electron chi connectivity index (χ3n) is 7.01. The molecule has 3 atom stereocenters. The zero-order chi connectivity index (χ0) is 26.3. The Hall–Kier alpha value is -2.46. The van der Waals surface area contributed by atoms with E-state index in [4.69, 9.17) is 0 Å². The molecule has 0 amide bonds. The number of benzene rings is 2. The molecule has 0 spiro atoms. The van der Waals surface area contributed by atoms with Crippen molar-refractivity contribution < 1.29 is 46.8 Å². The molecular weight excluding hydrogens is 466 g/mol. The molecule has 2 aromatic rings. The maximum atomic E-state index is 13.9. The second-order valence-corrected chi connectivity index (χ2v) is 10.1. The van der Waals surface area contributed by atoms with Crippen LogP contribution in [0.1, 0.15) is 68.9 Å². The molecule has 34 heavy (non-hydrogen) atoms. The highest BCUT2D eigenvalue weighted by molar-refractivity contribution is 5.61. The van der Waals surface area contributed by atoms with E-state index < -0.39 is 57.0 Å². The van der Waals surface area contributed by atoms with Crippen molar-refractivity contribution in [2.24, 2.45) is 0 Å². The third-order valence-corrected chi connectivity index (χ3v) is 7.01. The fourth-order valence-corrected chi connectivity index (χ4v) is 5.10. The van der Waals surface area contributed by atoms with E-state index in [1.165, 1.54) is 19.1 Å². The van der Waals surface area contributed by atoms with Crippen LogP contribution in [-0.4, -0.2) is 32.8 Å². The summed E-state index contributed by atoms with van der Waals surface area (Å²) in [6, 6.07) is 5.58. The molecule has 0 aliphatic heterocycles. The second-order valence-electron chi connectivity index (χ2n) is 10.1. The molecule has 3 unspecified atom stereocenters. The number of fused-ring (bicyclic) bond motifs is 1. The summed E-state index contributed by atoms with van der Waals surface area (Å²) in [4.78, 5) is 0. The molecule has 10 heteroatoms. The molecule has 0 heterocycles. The van der Waals surface area contributed by atoms with Crippen LogP contribution in [0.15, 0.2) is 30.3 Å². The molecule has 2 aromatic carbocycles. The van der Waals surface area contributed by atoms with E-state index in [0.29, 0.717) is 19.4 Å². The summed E-state index contributed by atoms with van der Waals surface area (Å²) in [5.41, 5.74) is -10.4. The van der Waals surface area contributed by atoms with E-state index in [-0.39, 0.29) is 17.5 Å². The van der Waals surface area contributed by atoms with Crippen LogP contribution in [0.4, 0.5) is 26.3 Å². The highest BCUT2D eigenvalue weighted by Crippen LogP contribution is 2.59. The van der Waals surface area contributed by atoms with Crippen molar-refractivity contribution in [2.45, 2.75) is 75.4 Å². The summed E-state index contributed by atoms with van der Waals surface area (Å²) in [6.07, 6.45) is -10.2. The summed E-state index contributed by atoms with van der Waals surface area (Å²) in [6.45, 7) is 5.92. The molecule has 4 N–H and O–H groups in total. The van der Waals surface area contributed by atoms with Gasteiger partial charge in [0, 0.05) is 16.5 Å². The zero-order valence-corrected chi connectivity index (χ0v) is 19.2. The molecule has 0 bridgehead atoms. The Balaban J connectivity index is 2.40.